The first kappa shape index (κ1) is 22.7. The fraction of sp³-hybridized carbons (Fsp3) is 0.280. The smallest absolute Gasteiger partial charge is 0.224 e. The van der Waals surface area contributed by atoms with Gasteiger partial charge in [0.15, 0.2) is 28.5 Å². The van der Waals surface area contributed by atoms with Gasteiger partial charge in [-0.2, -0.15) is 9.97 Å². The van der Waals surface area contributed by atoms with Gasteiger partial charge in [-0.05, 0) is 36.2 Å². The average Bonchev–Trinajstić information content (AvgIpc) is 2.89. The Kier molecular flexibility index (Phi) is 6.28. The average molecular weight is 476 g/mol. The molecular weight excluding hydrogens is 449 g/mol. The van der Waals surface area contributed by atoms with Gasteiger partial charge in [-0.15, -0.1) is 0 Å². The molecule has 0 aliphatic carbocycles. The number of anilines is 2. The summed E-state index contributed by atoms with van der Waals surface area (Å²) in [5.41, 5.74) is 9.08. The van der Waals surface area contributed by atoms with Crippen LogP contribution < -0.4 is 25.4 Å². The molecule has 5 rings (SSSR count). The summed E-state index contributed by atoms with van der Waals surface area (Å²) < 4.78 is 25.2. The van der Waals surface area contributed by atoms with Gasteiger partial charge < -0.3 is 25.4 Å². The van der Waals surface area contributed by atoms with E-state index in [1.807, 2.05) is 30.3 Å². The van der Waals surface area contributed by atoms with Crippen LogP contribution in [0.5, 0.6) is 11.5 Å². The van der Waals surface area contributed by atoms with Crippen molar-refractivity contribution in [3.05, 3.63) is 60.0 Å². The van der Waals surface area contributed by atoms with Crippen molar-refractivity contribution >= 4 is 22.9 Å². The zero-order chi connectivity index (χ0) is 24.4. The Morgan fingerprint density at radius 3 is 2.71 bits per heavy atom. The Hall–Kier alpha value is -4.05. The number of hydrogen-bond acceptors (Lipinski definition) is 9. The lowest BCUT2D eigenvalue weighted by Gasteiger charge is -2.37. The molecule has 1 aliphatic heterocycles. The summed E-state index contributed by atoms with van der Waals surface area (Å²) in [6, 6.07) is 12.3. The van der Waals surface area contributed by atoms with Crippen LogP contribution in [-0.4, -0.2) is 59.8 Å². The minimum atomic E-state index is -0.222. The van der Waals surface area contributed by atoms with Crippen molar-refractivity contribution in [1.29, 1.82) is 0 Å². The second-order valence-corrected chi connectivity index (χ2v) is 8.25. The summed E-state index contributed by atoms with van der Waals surface area (Å²) in [5, 5.41) is 3.40. The first-order valence-electron chi connectivity index (χ1n) is 11.3. The number of nitrogens with zero attached hydrogens (tertiary/aromatic N) is 5. The molecule has 0 spiro atoms. The number of nitrogens with two attached hydrogens (primary N) is 1. The van der Waals surface area contributed by atoms with E-state index in [1.165, 1.54) is 6.07 Å². The number of methoxy groups -OCH3 is 2. The maximum atomic E-state index is 14.4. The molecule has 3 N–H and O–H groups in total. The van der Waals surface area contributed by atoms with Crippen molar-refractivity contribution in [2.24, 2.45) is 0 Å². The standard InChI is InChI=1S/C25H26FN7O2/c1-34-20-8-7-16(12-21(20)35-2)19-14-29-23-22(30-19)24(32-25(27)31-23)33-10-9-28-13-17(33)11-15-5-3-4-6-18(15)26/h3-8,12,14,17,28H,9-11,13H2,1-2H3,(H2,27,29,31,32). The molecule has 3 heterocycles. The second-order valence-electron chi connectivity index (χ2n) is 8.25. The minimum absolute atomic E-state index is 0.0512. The fourth-order valence-electron chi connectivity index (χ4n) is 4.38. The second kappa shape index (κ2) is 9.67. The third-order valence-electron chi connectivity index (χ3n) is 6.12. The maximum absolute atomic E-state index is 14.4. The number of hydrogen-bond donors (Lipinski definition) is 2. The quantitative estimate of drug-likeness (QED) is 0.435. The fourth-order valence-corrected chi connectivity index (χ4v) is 4.38. The Morgan fingerprint density at radius 1 is 1.09 bits per heavy atom. The predicted octanol–water partition coefficient (Wildman–Crippen LogP) is 2.85. The highest BCUT2D eigenvalue weighted by Gasteiger charge is 2.27. The number of piperazine rings is 1. The summed E-state index contributed by atoms with van der Waals surface area (Å²) in [6.45, 7) is 2.08. The van der Waals surface area contributed by atoms with Gasteiger partial charge in [0.1, 0.15) is 5.82 Å². The molecule has 10 heteroatoms. The summed E-state index contributed by atoms with van der Waals surface area (Å²) in [5.74, 6) is 1.70. The first-order valence-corrected chi connectivity index (χ1v) is 11.3. The molecule has 0 radical (unpaired) electrons. The molecule has 0 saturated carbocycles. The minimum Gasteiger partial charge on any atom is -0.493 e. The van der Waals surface area contributed by atoms with E-state index < -0.39 is 0 Å². The number of benzene rings is 2. The molecule has 1 saturated heterocycles. The Bertz CT molecular complexity index is 1370. The van der Waals surface area contributed by atoms with E-state index in [2.05, 4.69) is 25.2 Å². The lowest BCUT2D eigenvalue weighted by atomic mass is 10.0. The molecule has 1 atom stereocenters. The van der Waals surface area contributed by atoms with Crippen LogP contribution in [0.15, 0.2) is 48.7 Å². The molecule has 2 aromatic heterocycles. The highest BCUT2D eigenvalue weighted by atomic mass is 19.1. The molecule has 1 fully saturated rings. The number of nitrogens with one attached hydrogen (secondary N) is 1. The van der Waals surface area contributed by atoms with Crippen molar-refractivity contribution in [2.75, 3.05) is 44.5 Å². The Labute approximate surface area is 202 Å². The third kappa shape index (κ3) is 4.52. The van der Waals surface area contributed by atoms with E-state index in [-0.39, 0.29) is 17.8 Å². The summed E-state index contributed by atoms with van der Waals surface area (Å²) in [6.07, 6.45) is 2.16. The summed E-state index contributed by atoms with van der Waals surface area (Å²) >= 11 is 0. The van der Waals surface area contributed by atoms with E-state index in [1.54, 1.807) is 26.5 Å². The zero-order valence-corrected chi connectivity index (χ0v) is 19.5. The Morgan fingerprint density at radius 2 is 1.91 bits per heavy atom. The van der Waals surface area contributed by atoms with Crippen LogP contribution in [0.25, 0.3) is 22.4 Å². The number of halogens is 1. The molecule has 180 valence electrons. The molecule has 0 amide bonds. The van der Waals surface area contributed by atoms with Crippen molar-refractivity contribution in [3.63, 3.8) is 0 Å². The lowest BCUT2D eigenvalue weighted by molar-refractivity contribution is 0.355. The molecule has 0 bridgehead atoms. The van der Waals surface area contributed by atoms with Crippen LogP contribution >= 0.6 is 0 Å². The predicted molar refractivity (Wildman–Crippen MR) is 132 cm³/mol. The summed E-state index contributed by atoms with van der Waals surface area (Å²) in [4.78, 5) is 20.4. The van der Waals surface area contributed by atoms with E-state index in [0.29, 0.717) is 59.2 Å². The molecular formula is C25H26FN7O2. The Balaban J connectivity index is 1.58. The van der Waals surface area contributed by atoms with Crippen LogP contribution in [0.4, 0.5) is 16.2 Å². The van der Waals surface area contributed by atoms with Gasteiger partial charge >= 0.3 is 0 Å². The summed E-state index contributed by atoms with van der Waals surface area (Å²) in [7, 11) is 3.18. The topological polar surface area (TPSA) is 111 Å². The molecule has 1 aliphatic rings. The van der Waals surface area contributed by atoms with Gasteiger partial charge in [0.05, 0.1) is 26.1 Å². The van der Waals surface area contributed by atoms with E-state index >= 15 is 0 Å². The number of aromatic nitrogens is 4. The SMILES string of the molecule is COc1ccc(-c2cnc3nc(N)nc(N4CCNCC4Cc4ccccc4F)c3n2)cc1OC. The number of rotatable bonds is 6. The van der Waals surface area contributed by atoms with Crippen LogP contribution in [0, 0.1) is 5.82 Å². The number of fused-ring (bicyclic) bond motifs is 1. The van der Waals surface area contributed by atoms with Crippen molar-refractivity contribution in [3.8, 4) is 22.8 Å². The molecule has 35 heavy (non-hydrogen) atoms. The molecule has 9 nitrogen and oxygen atoms in total. The monoisotopic (exact) mass is 475 g/mol. The van der Waals surface area contributed by atoms with Gasteiger partial charge in [-0.25, -0.2) is 14.4 Å². The van der Waals surface area contributed by atoms with Gasteiger partial charge in [-0.3, -0.25) is 0 Å². The number of ether oxygens (including phenoxy) is 2. The normalized spacial score (nSPS) is 15.9. The highest BCUT2D eigenvalue weighted by molar-refractivity contribution is 5.86. The molecule has 4 aromatic rings. The van der Waals surface area contributed by atoms with Crippen LogP contribution in [0.1, 0.15) is 5.56 Å². The first-order chi connectivity index (χ1) is 17.1. The zero-order valence-electron chi connectivity index (χ0n) is 19.5. The highest BCUT2D eigenvalue weighted by Crippen LogP contribution is 2.33. The van der Waals surface area contributed by atoms with Crippen LogP contribution in [-0.2, 0) is 6.42 Å². The van der Waals surface area contributed by atoms with Crippen molar-refractivity contribution < 1.29 is 13.9 Å². The molecule has 1 unspecified atom stereocenters. The van der Waals surface area contributed by atoms with Gasteiger partial charge in [0.2, 0.25) is 5.95 Å². The third-order valence-corrected chi connectivity index (χ3v) is 6.12. The van der Waals surface area contributed by atoms with Gasteiger partial charge in [-0.1, -0.05) is 18.2 Å². The van der Waals surface area contributed by atoms with E-state index in [4.69, 9.17) is 20.2 Å². The largest absolute Gasteiger partial charge is 0.493 e. The van der Waals surface area contributed by atoms with E-state index in [0.717, 1.165) is 12.1 Å². The maximum Gasteiger partial charge on any atom is 0.224 e. The molecule has 2 aromatic carbocycles. The van der Waals surface area contributed by atoms with Crippen molar-refractivity contribution in [2.45, 2.75) is 12.5 Å². The lowest BCUT2D eigenvalue weighted by Crippen LogP contribution is -2.53. The van der Waals surface area contributed by atoms with E-state index in [9.17, 15) is 4.39 Å². The van der Waals surface area contributed by atoms with Gasteiger partial charge in [0, 0.05) is 31.2 Å². The van der Waals surface area contributed by atoms with Crippen LogP contribution in [0.3, 0.4) is 0 Å². The van der Waals surface area contributed by atoms with Crippen molar-refractivity contribution in [1.82, 2.24) is 25.3 Å². The number of nitrogen functional groups attached to an aromatic ring is 1. The van der Waals surface area contributed by atoms with Crippen LogP contribution in [0.2, 0.25) is 0 Å². The van der Waals surface area contributed by atoms with Gasteiger partial charge in [0.25, 0.3) is 0 Å².